The molecule has 8 bridgehead atoms. The normalized spacial score (nSPS) is 15.3. The van der Waals surface area contributed by atoms with Crippen LogP contribution in [-0.4, -0.2) is 43.8 Å². The molecule has 0 radical (unpaired) electrons. The zero-order valence-corrected chi connectivity index (χ0v) is 29.3. The summed E-state index contributed by atoms with van der Waals surface area (Å²) in [5, 5.41) is 11.4. The molecule has 1 aliphatic heterocycles. The SMILES string of the molecule is COC(=O)c1c(C)c2c3c(Cl)ccc2n1CCCOc1cc2c(c(c1)SCc1cc(nn1C)CSCc1nn(C)c(C)c1-3)CCC2. The predicted molar refractivity (Wildman–Crippen MR) is 186 cm³/mol. The average Bonchev–Trinajstić information content (AvgIpc) is 3.79. The zero-order chi connectivity index (χ0) is 32.1. The van der Waals surface area contributed by atoms with Gasteiger partial charge in [0, 0.05) is 81.2 Å². The standard InChI is InChI=1S/C35H38ClN5O3S2/c1-20-31-29-11-10-27(36)33(31)32-21(2)39(3)38-28(32)19-45-17-23-15-24(40(4)37-23)18-46-30-16-25(14-22-8-6-9-26(22)30)44-13-7-12-41(29)34(20)35(42)43-5/h10-11,14-16H,6-9,12-13,17-19H2,1-5H3. The minimum atomic E-state index is -0.361. The second-order valence-electron chi connectivity index (χ2n) is 12.1. The van der Waals surface area contributed by atoms with E-state index in [-0.39, 0.29) is 5.97 Å². The van der Waals surface area contributed by atoms with Crippen molar-refractivity contribution < 1.29 is 14.3 Å². The smallest absolute Gasteiger partial charge is 0.354 e. The van der Waals surface area contributed by atoms with E-state index in [1.165, 1.54) is 35.2 Å². The van der Waals surface area contributed by atoms with Gasteiger partial charge in [-0.15, -0.1) is 23.5 Å². The monoisotopic (exact) mass is 675 g/mol. The lowest BCUT2D eigenvalue weighted by Gasteiger charge is -2.14. The Hall–Kier alpha value is -3.34. The van der Waals surface area contributed by atoms with Gasteiger partial charge in [-0.2, -0.15) is 10.2 Å². The van der Waals surface area contributed by atoms with Gasteiger partial charge in [-0.3, -0.25) is 9.36 Å². The molecule has 0 saturated carbocycles. The Morgan fingerprint density at radius 1 is 1.00 bits per heavy atom. The van der Waals surface area contributed by atoms with Gasteiger partial charge in [0.1, 0.15) is 11.4 Å². The molecule has 0 fully saturated rings. The Bertz CT molecular complexity index is 1990. The molecule has 2 aliphatic rings. The number of carbonyl (C=O) groups is 1. The second kappa shape index (κ2) is 12.7. The Balaban J connectivity index is 1.35. The number of esters is 1. The van der Waals surface area contributed by atoms with Crippen molar-refractivity contribution in [2.75, 3.05) is 13.7 Å². The molecular formula is C35H38ClN5O3S2. The highest BCUT2D eigenvalue weighted by Crippen LogP contribution is 2.43. The van der Waals surface area contributed by atoms with Crippen LogP contribution < -0.4 is 4.74 Å². The Kier molecular flexibility index (Phi) is 8.63. The fourth-order valence-corrected chi connectivity index (χ4v) is 9.28. The predicted octanol–water partition coefficient (Wildman–Crippen LogP) is 7.83. The van der Waals surface area contributed by atoms with E-state index in [2.05, 4.69) is 29.7 Å². The molecule has 5 aromatic rings. The lowest BCUT2D eigenvalue weighted by atomic mass is 9.97. The number of halogens is 1. The van der Waals surface area contributed by atoms with Gasteiger partial charge < -0.3 is 14.0 Å². The molecular weight excluding hydrogens is 638 g/mol. The van der Waals surface area contributed by atoms with Crippen LogP contribution >= 0.6 is 35.1 Å². The summed E-state index contributed by atoms with van der Waals surface area (Å²) in [7, 11) is 5.44. The van der Waals surface area contributed by atoms with Crippen LogP contribution in [0.5, 0.6) is 5.75 Å². The number of hydrogen-bond acceptors (Lipinski definition) is 7. The van der Waals surface area contributed by atoms with Crippen molar-refractivity contribution in [3.63, 3.8) is 0 Å². The molecule has 7 rings (SSSR count). The molecule has 1 aliphatic carbocycles. The Morgan fingerprint density at radius 3 is 2.67 bits per heavy atom. The number of methoxy groups -OCH3 is 1. The maximum Gasteiger partial charge on any atom is 0.354 e. The van der Waals surface area contributed by atoms with Gasteiger partial charge >= 0.3 is 5.97 Å². The first-order valence-electron chi connectivity index (χ1n) is 15.7. The molecule has 0 N–H and O–H groups in total. The third kappa shape index (κ3) is 5.52. The number of aromatic nitrogens is 5. The second-order valence-corrected chi connectivity index (χ2v) is 14.5. The van der Waals surface area contributed by atoms with Crippen molar-refractivity contribution in [2.45, 2.75) is 68.2 Å². The molecule has 8 nitrogen and oxygen atoms in total. The summed E-state index contributed by atoms with van der Waals surface area (Å²) in [6.45, 7) is 5.18. The molecule has 0 atom stereocenters. The van der Waals surface area contributed by atoms with Crippen LogP contribution in [0, 0.1) is 13.8 Å². The van der Waals surface area contributed by atoms with E-state index in [1.807, 2.05) is 54.3 Å². The highest BCUT2D eigenvalue weighted by Gasteiger charge is 2.28. The van der Waals surface area contributed by atoms with Crippen molar-refractivity contribution in [1.82, 2.24) is 24.1 Å². The van der Waals surface area contributed by atoms with Gasteiger partial charge in [0.05, 0.1) is 25.1 Å². The quantitative estimate of drug-likeness (QED) is 0.168. The van der Waals surface area contributed by atoms with Crippen LogP contribution in [0.2, 0.25) is 5.02 Å². The number of nitrogens with zero attached hydrogens (tertiary/aromatic N) is 5. The number of ether oxygens (including phenoxy) is 2. The fourth-order valence-electron chi connectivity index (χ4n) is 7.00. The molecule has 2 aromatic carbocycles. The van der Waals surface area contributed by atoms with Crippen LogP contribution in [-0.2, 0) is 55.5 Å². The number of aryl methyl sites for hydroxylation is 5. The van der Waals surface area contributed by atoms with Crippen LogP contribution in [0.25, 0.3) is 22.0 Å². The maximum absolute atomic E-state index is 13.3. The summed E-state index contributed by atoms with van der Waals surface area (Å²) < 4.78 is 17.7. The van der Waals surface area contributed by atoms with Crippen LogP contribution in [0.15, 0.2) is 35.2 Å². The van der Waals surface area contributed by atoms with E-state index < -0.39 is 0 Å². The summed E-state index contributed by atoms with van der Waals surface area (Å²) >= 11 is 10.7. The maximum atomic E-state index is 13.3. The minimum absolute atomic E-state index is 0.361. The number of rotatable bonds is 1. The molecule has 3 aromatic heterocycles. The number of fused-ring (bicyclic) bond motifs is 8. The molecule has 240 valence electrons. The third-order valence-electron chi connectivity index (χ3n) is 9.29. The van der Waals surface area contributed by atoms with Crippen molar-refractivity contribution in [3.05, 3.63) is 80.5 Å². The molecule has 0 spiro atoms. The molecule has 11 heteroatoms. The van der Waals surface area contributed by atoms with Crippen LogP contribution in [0.1, 0.15) is 62.8 Å². The number of benzene rings is 2. The Morgan fingerprint density at radius 2 is 1.85 bits per heavy atom. The van der Waals surface area contributed by atoms with E-state index in [9.17, 15) is 4.79 Å². The van der Waals surface area contributed by atoms with Gasteiger partial charge in [0.2, 0.25) is 0 Å². The van der Waals surface area contributed by atoms with Gasteiger partial charge in [0.15, 0.2) is 0 Å². The van der Waals surface area contributed by atoms with Gasteiger partial charge in [0.25, 0.3) is 0 Å². The van der Waals surface area contributed by atoms with Crippen molar-refractivity contribution in [3.8, 4) is 16.9 Å². The van der Waals surface area contributed by atoms with E-state index >= 15 is 0 Å². The van der Waals surface area contributed by atoms with E-state index in [4.69, 9.17) is 31.3 Å². The van der Waals surface area contributed by atoms with E-state index in [0.717, 1.165) is 81.2 Å². The van der Waals surface area contributed by atoms with Crippen molar-refractivity contribution in [1.29, 1.82) is 0 Å². The van der Waals surface area contributed by atoms with Crippen molar-refractivity contribution >= 4 is 52.0 Å². The number of hydrogen-bond donors (Lipinski definition) is 0. The first-order chi connectivity index (χ1) is 22.2. The lowest BCUT2D eigenvalue weighted by Crippen LogP contribution is -2.13. The minimum Gasteiger partial charge on any atom is -0.493 e. The highest BCUT2D eigenvalue weighted by molar-refractivity contribution is 7.98. The number of thioether (sulfide) groups is 2. The topological polar surface area (TPSA) is 76.1 Å². The molecule has 0 unspecified atom stereocenters. The van der Waals surface area contributed by atoms with Gasteiger partial charge in [-0.25, -0.2) is 4.79 Å². The summed E-state index contributed by atoms with van der Waals surface area (Å²) in [6.07, 6.45) is 4.10. The molecule has 4 heterocycles. The highest BCUT2D eigenvalue weighted by atomic mass is 35.5. The average molecular weight is 676 g/mol. The first kappa shape index (κ1) is 31.3. The summed E-state index contributed by atoms with van der Waals surface area (Å²) in [5.74, 6) is 2.86. The van der Waals surface area contributed by atoms with Crippen LogP contribution in [0.4, 0.5) is 0 Å². The number of carbonyl (C=O) groups excluding carboxylic acids is 1. The Labute approximate surface area is 282 Å². The third-order valence-corrected chi connectivity index (χ3v) is 11.7. The van der Waals surface area contributed by atoms with E-state index in [1.54, 1.807) is 11.8 Å². The van der Waals surface area contributed by atoms with Crippen LogP contribution in [0.3, 0.4) is 0 Å². The van der Waals surface area contributed by atoms with Gasteiger partial charge in [-0.05, 0) is 86.6 Å². The lowest BCUT2D eigenvalue weighted by molar-refractivity contribution is 0.0587. The molecule has 0 amide bonds. The first-order valence-corrected chi connectivity index (χ1v) is 18.2. The van der Waals surface area contributed by atoms with Gasteiger partial charge in [-0.1, -0.05) is 11.6 Å². The van der Waals surface area contributed by atoms with Crippen molar-refractivity contribution in [2.24, 2.45) is 14.1 Å². The summed E-state index contributed by atoms with van der Waals surface area (Å²) in [5.41, 5.74) is 11.4. The fraction of sp³-hybridized carbons (Fsp3) is 0.400. The zero-order valence-electron chi connectivity index (χ0n) is 26.9. The summed E-state index contributed by atoms with van der Waals surface area (Å²) in [4.78, 5) is 14.6. The largest absolute Gasteiger partial charge is 0.493 e. The summed E-state index contributed by atoms with van der Waals surface area (Å²) in [6, 6.07) is 10.6. The molecule has 46 heavy (non-hydrogen) atoms. The van der Waals surface area contributed by atoms with E-state index in [0.29, 0.717) is 29.6 Å². The molecule has 0 saturated heterocycles.